The van der Waals surface area contributed by atoms with Gasteiger partial charge in [-0.1, -0.05) is 66.6 Å². The van der Waals surface area contributed by atoms with Crippen LogP contribution in [0.1, 0.15) is 37.0 Å². The van der Waals surface area contributed by atoms with Crippen molar-refractivity contribution in [2.45, 2.75) is 46.2 Å². The van der Waals surface area contributed by atoms with Gasteiger partial charge in [-0.2, -0.15) is 0 Å². The van der Waals surface area contributed by atoms with Crippen molar-refractivity contribution in [1.82, 2.24) is 10.2 Å². The fourth-order valence-electron chi connectivity index (χ4n) is 3.00. The lowest BCUT2D eigenvalue weighted by Crippen LogP contribution is -2.49. The number of carbonyl (C=O) groups excluding carboxylic acids is 2. The zero-order valence-corrected chi connectivity index (χ0v) is 16.9. The first kappa shape index (κ1) is 21.0. The van der Waals surface area contributed by atoms with Crippen LogP contribution in [0.5, 0.6) is 0 Å². The molecule has 0 aliphatic rings. The van der Waals surface area contributed by atoms with Gasteiger partial charge in [-0.3, -0.25) is 9.59 Å². The Hall–Kier alpha value is -2.33. The number of benzene rings is 2. The number of carbonyl (C=O) groups is 2. The standard InChI is InChI=1S/C22H27ClN2O2/c1-4-20(22(27)24-5-2)25(15-18-8-6-7-9-19(18)23)21(26)14-17-12-10-16(3)11-13-17/h6-13,20H,4-5,14-15H2,1-3H3,(H,24,27)/t20-/m0/s1. The molecule has 2 aromatic carbocycles. The molecule has 144 valence electrons. The second-order valence-electron chi connectivity index (χ2n) is 6.59. The number of amides is 2. The molecular formula is C22H27ClN2O2. The normalized spacial score (nSPS) is 11.7. The van der Waals surface area contributed by atoms with Gasteiger partial charge in [0.1, 0.15) is 6.04 Å². The largest absolute Gasteiger partial charge is 0.355 e. The maximum atomic E-state index is 13.1. The highest BCUT2D eigenvalue weighted by atomic mass is 35.5. The van der Waals surface area contributed by atoms with E-state index < -0.39 is 6.04 Å². The molecule has 2 rings (SSSR count). The highest BCUT2D eigenvalue weighted by Crippen LogP contribution is 2.20. The number of nitrogens with zero attached hydrogens (tertiary/aromatic N) is 1. The zero-order valence-electron chi connectivity index (χ0n) is 16.2. The zero-order chi connectivity index (χ0) is 19.8. The van der Waals surface area contributed by atoms with Crippen LogP contribution >= 0.6 is 11.6 Å². The molecule has 0 aromatic heterocycles. The Bertz CT molecular complexity index is 774. The van der Waals surface area contributed by atoms with Gasteiger partial charge in [-0.25, -0.2) is 0 Å². The number of aryl methyl sites for hydroxylation is 1. The number of rotatable bonds is 8. The summed E-state index contributed by atoms with van der Waals surface area (Å²) in [6.45, 7) is 6.63. The van der Waals surface area contributed by atoms with Crippen LogP contribution in [0.2, 0.25) is 5.02 Å². The van der Waals surface area contributed by atoms with Crippen molar-refractivity contribution in [3.63, 3.8) is 0 Å². The molecule has 0 aliphatic carbocycles. The Labute approximate surface area is 166 Å². The fraction of sp³-hybridized carbons (Fsp3) is 0.364. The third kappa shape index (κ3) is 5.83. The summed E-state index contributed by atoms with van der Waals surface area (Å²) in [6.07, 6.45) is 0.788. The number of halogens is 1. The van der Waals surface area contributed by atoms with Crippen molar-refractivity contribution in [3.8, 4) is 0 Å². The van der Waals surface area contributed by atoms with Gasteiger partial charge in [0.05, 0.1) is 6.42 Å². The molecule has 2 amide bonds. The molecule has 0 saturated heterocycles. The molecule has 5 heteroatoms. The Morgan fingerprint density at radius 2 is 1.74 bits per heavy atom. The SMILES string of the molecule is CCNC(=O)[C@H](CC)N(Cc1ccccc1Cl)C(=O)Cc1ccc(C)cc1. The molecule has 0 aliphatic heterocycles. The predicted octanol–water partition coefficient (Wildman–Crippen LogP) is 4.13. The van der Waals surface area contributed by atoms with E-state index in [2.05, 4.69) is 5.32 Å². The van der Waals surface area contributed by atoms with E-state index >= 15 is 0 Å². The molecule has 27 heavy (non-hydrogen) atoms. The summed E-state index contributed by atoms with van der Waals surface area (Å²) < 4.78 is 0. The van der Waals surface area contributed by atoms with Crippen molar-refractivity contribution in [3.05, 3.63) is 70.2 Å². The Morgan fingerprint density at radius 1 is 1.07 bits per heavy atom. The van der Waals surface area contributed by atoms with Crippen molar-refractivity contribution in [2.75, 3.05) is 6.54 Å². The molecular weight excluding hydrogens is 360 g/mol. The highest BCUT2D eigenvalue weighted by Gasteiger charge is 2.28. The second kappa shape index (κ2) is 10.1. The minimum absolute atomic E-state index is 0.0862. The molecule has 4 nitrogen and oxygen atoms in total. The average molecular weight is 387 g/mol. The molecule has 0 unspecified atom stereocenters. The van der Waals surface area contributed by atoms with Crippen LogP contribution in [0.4, 0.5) is 0 Å². The second-order valence-corrected chi connectivity index (χ2v) is 7.00. The first-order valence-corrected chi connectivity index (χ1v) is 9.70. The van der Waals surface area contributed by atoms with Crippen LogP contribution in [-0.2, 0) is 22.6 Å². The lowest BCUT2D eigenvalue weighted by molar-refractivity contribution is -0.140. The predicted molar refractivity (Wildman–Crippen MR) is 110 cm³/mol. The molecule has 0 radical (unpaired) electrons. The summed E-state index contributed by atoms with van der Waals surface area (Å²) in [7, 11) is 0. The van der Waals surface area contributed by atoms with Gasteiger partial charge >= 0.3 is 0 Å². The maximum Gasteiger partial charge on any atom is 0.242 e. The van der Waals surface area contributed by atoms with E-state index in [1.165, 1.54) is 0 Å². The van der Waals surface area contributed by atoms with Gasteiger partial charge < -0.3 is 10.2 Å². The van der Waals surface area contributed by atoms with E-state index in [9.17, 15) is 9.59 Å². The monoisotopic (exact) mass is 386 g/mol. The summed E-state index contributed by atoms with van der Waals surface area (Å²) in [5.41, 5.74) is 2.91. The molecule has 0 spiro atoms. The summed E-state index contributed by atoms with van der Waals surface area (Å²) in [4.78, 5) is 27.3. The molecule has 1 atom stereocenters. The van der Waals surface area contributed by atoms with Gasteiger partial charge in [0, 0.05) is 18.1 Å². The molecule has 0 fully saturated rings. The first-order chi connectivity index (χ1) is 13.0. The van der Waals surface area contributed by atoms with Crippen LogP contribution in [0.15, 0.2) is 48.5 Å². The molecule has 0 bridgehead atoms. The number of likely N-dealkylation sites (N-methyl/N-ethyl adjacent to an activating group) is 1. The summed E-state index contributed by atoms with van der Waals surface area (Å²) >= 11 is 6.30. The first-order valence-electron chi connectivity index (χ1n) is 9.32. The third-order valence-corrected chi connectivity index (χ3v) is 4.88. The van der Waals surface area contributed by atoms with Gasteiger partial charge in [-0.15, -0.1) is 0 Å². The maximum absolute atomic E-state index is 13.1. The topological polar surface area (TPSA) is 49.4 Å². The van der Waals surface area contributed by atoms with Crippen molar-refractivity contribution >= 4 is 23.4 Å². The van der Waals surface area contributed by atoms with E-state index in [0.717, 1.165) is 16.7 Å². The van der Waals surface area contributed by atoms with Crippen molar-refractivity contribution in [2.24, 2.45) is 0 Å². The van der Waals surface area contributed by atoms with Crippen molar-refractivity contribution < 1.29 is 9.59 Å². The van der Waals surface area contributed by atoms with E-state index in [-0.39, 0.29) is 18.2 Å². The number of hydrogen-bond donors (Lipinski definition) is 1. The molecule has 0 saturated carbocycles. The molecule has 0 heterocycles. The quantitative estimate of drug-likeness (QED) is 0.741. The van der Waals surface area contributed by atoms with E-state index in [1.54, 1.807) is 11.0 Å². The van der Waals surface area contributed by atoms with Crippen molar-refractivity contribution in [1.29, 1.82) is 0 Å². The van der Waals surface area contributed by atoms with Gasteiger partial charge in [0.2, 0.25) is 11.8 Å². The van der Waals surface area contributed by atoms with E-state index in [1.807, 2.05) is 63.2 Å². The lowest BCUT2D eigenvalue weighted by Gasteiger charge is -2.31. The summed E-state index contributed by atoms with van der Waals surface area (Å²) in [6, 6.07) is 14.8. The number of hydrogen-bond acceptors (Lipinski definition) is 2. The smallest absolute Gasteiger partial charge is 0.242 e. The van der Waals surface area contributed by atoms with Crippen LogP contribution in [-0.4, -0.2) is 29.3 Å². The minimum Gasteiger partial charge on any atom is -0.355 e. The van der Waals surface area contributed by atoms with Crippen LogP contribution in [0, 0.1) is 6.92 Å². The van der Waals surface area contributed by atoms with Gasteiger partial charge in [0.15, 0.2) is 0 Å². The van der Waals surface area contributed by atoms with Gasteiger partial charge in [-0.05, 0) is 37.5 Å². The van der Waals surface area contributed by atoms with E-state index in [0.29, 0.717) is 24.5 Å². The molecule has 1 N–H and O–H groups in total. The number of nitrogens with one attached hydrogen (secondary N) is 1. The Morgan fingerprint density at radius 3 is 2.33 bits per heavy atom. The fourth-order valence-corrected chi connectivity index (χ4v) is 3.20. The third-order valence-electron chi connectivity index (χ3n) is 4.51. The lowest BCUT2D eigenvalue weighted by atomic mass is 10.1. The Balaban J connectivity index is 2.29. The highest BCUT2D eigenvalue weighted by molar-refractivity contribution is 6.31. The van der Waals surface area contributed by atoms with Crippen LogP contribution in [0.3, 0.4) is 0 Å². The molecule has 2 aromatic rings. The summed E-state index contributed by atoms with van der Waals surface area (Å²) in [5.74, 6) is -0.221. The average Bonchev–Trinajstić information content (AvgIpc) is 2.65. The van der Waals surface area contributed by atoms with Crippen LogP contribution in [0.25, 0.3) is 0 Å². The summed E-state index contributed by atoms with van der Waals surface area (Å²) in [5, 5.41) is 3.43. The van der Waals surface area contributed by atoms with Gasteiger partial charge in [0.25, 0.3) is 0 Å². The van der Waals surface area contributed by atoms with E-state index in [4.69, 9.17) is 11.6 Å². The Kier molecular flexibility index (Phi) is 7.86. The minimum atomic E-state index is -0.529. The van der Waals surface area contributed by atoms with Crippen LogP contribution < -0.4 is 5.32 Å².